The van der Waals surface area contributed by atoms with Gasteiger partial charge in [-0.2, -0.15) is 0 Å². The lowest BCUT2D eigenvalue weighted by Crippen LogP contribution is -2.22. The molecule has 7 nitrogen and oxygen atoms in total. The smallest absolute Gasteiger partial charge is 0.307 e. The molecule has 0 bridgehead atoms. The number of amides is 1. The first-order valence-corrected chi connectivity index (χ1v) is 10.3. The number of carbonyl (C=O) groups excluding carboxylic acids is 2. The Hall–Kier alpha value is -2.87. The molecule has 1 amide bonds. The van der Waals surface area contributed by atoms with E-state index in [4.69, 9.17) is 9.47 Å². The minimum atomic E-state index is -3.61. The number of carbonyl (C=O) groups is 2. The second-order valence-electron chi connectivity index (χ2n) is 6.22. The quantitative estimate of drug-likeness (QED) is 0.678. The standard InChI is InChI=1S/C20H23NO6S/c1-14-8-9-16(12-15(14)2)28(24,25)11-10-20(23)27-13-19(22)21-17-6-4-5-7-18(17)26-3/h4-9,12H,10-11,13H2,1-3H3,(H,21,22). The number of ether oxygens (including phenoxy) is 2. The number of nitrogens with one attached hydrogen (secondary N) is 1. The van der Waals surface area contributed by atoms with E-state index in [1.807, 2.05) is 13.8 Å². The lowest BCUT2D eigenvalue weighted by atomic mass is 10.1. The summed E-state index contributed by atoms with van der Waals surface area (Å²) < 4.78 is 34.7. The number of aryl methyl sites for hydroxylation is 2. The monoisotopic (exact) mass is 405 g/mol. The van der Waals surface area contributed by atoms with Crippen molar-refractivity contribution in [2.45, 2.75) is 25.2 Å². The van der Waals surface area contributed by atoms with Gasteiger partial charge in [0.15, 0.2) is 16.4 Å². The summed E-state index contributed by atoms with van der Waals surface area (Å²) in [6.45, 7) is 3.20. The molecule has 0 saturated carbocycles. The van der Waals surface area contributed by atoms with Gasteiger partial charge in [0, 0.05) is 0 Å². The van der Waals surface area contributed by atoms with Crippen molar-refractivity contribution >= 4 is 27.4 Å². The fraction of sp³-hybridized carbons (Fsp3) is 0.300. The van der Waals surface area contributed by atoms with Gasteiger partial charge in [-0.15, -0.1) is 0 Å². The van der Waals surface area contributed by atoms with Crippen molar-refractivity contribution in [3.63, 3.8) is 0 Å². The predicted molar refractivity (Wildman–Crippen MR) is 105 cm³/mol. The highest BCUT2D eigenvalue weighted by Gasteiger charge is 2.18. The molecular weight excluding hydrogens is 382 g/mol. The third-order valence-corrected chi connectivity index (χ3v) is 5.87. The topological polar surface area (TPSA) is 98.8 Å². The third-order valence-electron chi connectivity index (χ3n) is 4.16. The largest absolute Gasteiger partial charge is 0.495 e. The molecule has 0 heterocycles. The van der Waals surface area contributed by atoms with Crippen LogP contribution < -0.4 is 10.1 Å². The molecular formula is C20H23NO6S. The van der Waals surface area contributed by atoms with Crippen LogP contribution in [0.15, 0.2) is 47.4 Å². The van der Waals surface area contributed by atoms with Crippen LogP contribution in [-0.2, 0) is 24.2 Å². The molecule has 0 fully saturated rings. The summed E-state index contributed by atoms with van der Waals surface area (Å²) in [5, 5.41) is 2.57. The number of hydrogen-bond donors (Lipinski definition) is 1. The van der Waals surface area contributed by atoms with Crippen LogP contribution in [0.3, 0.4) is 0 Å². The molecule has 0 aliphatic rings. The highest BCUT2D eigenvalue weighted by Crippen LogP contribution is 2.22. The van der Waals surface area contributed by atoms with E-state index in [0.29, 0.717) is 11.4 Å². The fourth-order valence-corrected chi connectivity index (χ4v) is 3.70. The van der Waals surface area contributed by atoms with E-state index >= 15 is 0 Å². The minimum absolute atomic E-state index is 0.164. The molecule has 2 aromatic rings. The van der Waals surface area contributed by atoms with Gasteiger partial charge in [0.05, 0.1) is 29.9 Å². The summed E-state index contributed by atoms with van der Waals surface area (Å²) in [5.74, 6) is -1.22. The van der Waals surface area contributed by atoms with Crippen LogP contribution in [-0.4, -0.2) is 39.8 Å². The van der Waals surface area contributed by atoms with Crippen LogP contribution >= 0.6 is 0 Å². The number of esters is 1. The maximum atomic E-state index is 12.3. The number of benzene rings is 2. The van der Waals surface area contributed by atoms with Gasteiger partial charge in [0.2, 0.25) is 0 Å². The SMILES string of the molecule is COc1ccccc1NC(=O)COC(=O)CCS(=O)(=O)c1ccc(C)c(C)c1. The molecule has 0 unspecified atom stereocenters. The number of methoxy groups -OCH3 is 1. The van der Waals surface area contributed by atoms with E-state index in [-0.39, 0.29) is 17.1 Å². The van der Waals surface area contributed by atoms with Gasteiger partial charge in [-0.1, -0.05) is 18.2 Å². The Morgan fingerprint density at radius 3 is 2.43 bits per heavy atom. The maximum absolute atomic E-state index is 12.3. The number of anilines is 1. The zero-order valence-corrected chi connectivity index (χ0v) is 16.8. The van der Waals surface area contributed by atoms with E-state index < -0.39 is 28.3 Å². The van der Waals surface area contributed by atoms with Crippen molar-refractivity contribution < 1.29 is 27.5 Å². The van der Waals surface area contributed by atoms with Crippen LogP contribution in [0.25, 0.3) is 0 Å². The summed E-state index contributed by atoms with van der Waals surface area (Å²) in [6, 6.07) is 11.6. The summed E-state index contributed by atoms with van der Waals surface area (Å²) >= 11 is 0. The first-order valence-electron chi connectivity index (χ1n) is 8.61. The van der Waals surface area contributed by atoms with Crippen LogP contribution in [0, 0.1) is 13.8 Å². The molecule has 0 aliphatic heterocycles. The zero-order chi connectivity index (χ0) is 20.7. The fourth-order valence-electron chi connectivity index (χ4n) is 2.40. The molecule has 8 heteroatoms. The van der Waals surface area contributed by atoms with Gasteiger partial charge < -0.3 is 14.8 Å². The maximum Gasteiger partial charge on any atom is 0.307 e. The lowest BCUT2D eigenvalue weighted by molar-refractivity contribution is -0.146. The third kappa shape index (κ3) is 5.82. The first kappa shape index (κ1) is 21.4. The van der Waals surface area contributed by atoms with E-state index in [2.05, 4.69) is 5.32 Å². The number of sulfone groups is 1. The Labute approximate surface area is 164 Å². The molecule has 0 aromatic heterocycles. The van der Waals surface area contributed by atoms with Crippen LogP contribution in [0.4, 0.5) is 5.69 Å². The summed E-state index contributed by atoms with van der Waals surface area (Å²) in [5.41, 5.74) is 2.29. The number of para-hydroxylation sites is 2. The van der Waals surface area contributed by atoms with Crippen LogP contribution in [0.5, 0.6) is 5.75 Å². The van der Waals surface area contributed by atoms with E-state index in [1.165, 1.54) is 13.2 Å². The molecule has 0 aliphatic carbocycles. The first-order chi connectivity index (χ1) is 13.2. The normalized spacial score (nSPS) is 11.0. The van der Waals surface area contributed by atoms with Gasteiger partial charge in [-0.25, -0.2) is 8.42 Å². The van der Waals surface area contributed by atoms with Crippen molar-refractivity contribution in [3.05, 3.63) is 53.6 Å². The Bertz CT molecular complexity index is 968. The Morgan fingerprint density at radius 2 is 1.75 bits per heavy atom. The summed E-state index contributed by atoms with van der Waals surface area (Å²) in [6.07, 6.45) is -0.336. The van der Waals surface area contributed by atoms with E-state index in [1.54, 1.807) is 36.4 Å². The van der Waals surface area contributed by atoms with Crippen molar-refractivity contribution in [1.29, 1.82) is 0 Å². The molecule has 150 valence electrons. The van der Waals surface area contributed by atoms with E-state index in [0.717, 1.165) is 11.1 Å². The molecule has 0 radical (unpaired) electrons. The van der Waals surface area contributed by atoms with Gasteiger partial charge in [-0.3, -0.25) is 9.59 Å². The zero-order valence-electron chi connectivity index (χ0n) is 16.0. The Morgan fingerprint density at radius 1 is 1.04 bits per heavy atom. The van der Waals surface area contributed by atoms with Gasteiger partial charge in [0.25, 0.3) is 5.91 Å². The van der Waals surface area contributed by atoms with Crippen molar-refractivity contribution in [2.24, 2.45) is 0 Å². The molecule has 0 spiro atoms. The molecule has 0 atom stereocenters. The number of hydrogen-bond acceptors (Lipinski definition) is 6. The molecule has 2 rings (SSSR count). The van der Waals surface area contributed by atoms with E-state index in [9.17, 15) is 18.0 Å². The highest BCUT2D eigenvalue weighted by molar-refractivity contribution is 7.91. The van der Waals surface area contributed by atoms with Crippen molar-refractivity contribution in [3.8, 4) is 5.75 Å². The summed E-state index contributed by atoms with van der Waals surface area (Å²) in [7, 11) is -2.14. The molecule has 1 N–H and O–H groups in total. The molecule has 0 saturated heterocycles. The Kier molecular flexibility index (Phi) is 7.17. The minimum Gasteiger partial charge on any atom is -0.495 e. The van der Waals surface area contributed by atoms with Crippen LogP contribution in [0.2, 0.25) is 0 Å². The van der Waals surface area contributed by atoms with Crippen LogP contribution in [0.1, 0.15) is 17.5 Å². The van der Waals surface area contributed by atoms with Crippen molar-refractivity contribution in [2.75, 3.05) is 24.8 Å². The average Bonchev–Trinajstić information content (AvgIpc) is 2.67. The molecule has 2 aromatic carbocycles. The van der Waals surface area contributed by atoms with Gasteiger partial charge in [-0.05, 0) is 49.2 Å². The average molecular weight is 405 g/mol. The van der Waals surface area contributed by atoms with Gasteiger partial charge >= 0.3 is 5.97 Å². The predicted octanol–water partition coefficient (Wildman–Crippen LogP) is 2.66. The number of rotatable bonds is 8. The molecule has 28 heavy (non-hydrogen) atoms. The second kappa shape index (κ2) is 9.36. The lowest BCUT2D eigenvalue weighted by Gasteiger charge is -2.10. The second-order valence-corrected chi connectivity index (χ2v) is 8.33. The highest BCUT2D eigenvalue weighted by atomic mass is 32.2. The Balaban J connectivity index is 1.85. The van der Waals surface area contributed by atoms with Crippen molar-refractivity contribution in [1.82, 2.24) is 0 Å². The van der Waals surface area contributed by atoms with Gasteiger partial charge in [0.1, 0.15) is 5.75 Å². The summed E-state index contributed by atoms with van der Waals surface area (Å²) in [4.78, 5) is 23.9.